The average Bonchev–Trinajstić information content (AvgIpc) is 3.05. The Morgan fingerprint density at radius 2 is 2.04 bits per heavy atom. The van der Waals surface area contributed by atoms with Crippen molar-refractivity contribution in [3.05, 3.63) is 58.9 Å². The van der Waals surface area contributed by atoms with Gasteiger partial charge in [0.25, 0.3) is 0 Å². The summed E-state index contributed by atoms with van der Waals surface area (Å²) in [5, 5.41) is 14.8. The van der Waals surface area contributed by atoms with Crippen LogP contribution in [-0.2, 0) is 4.79 Å². The van der Waals surface area contributed by atoms with Gasteiger partial charge < -0.3 is 10.6 Å². The maximum absolute atomic E-state index is 13.6. The number of aryl methyl sites for hydroxylation is 1. The zero-order valence-electron chi connectivity index (χ0n) is 13.6. The van der Waals surface area contributed by atoms with Gasteiger partial charge >= 0.3 is 0 Å². The van der Waals surface area contributed by atoms with Crippen LogP contribution in [0.4, 0.5) is 20.9 Å². The Kier molecular flexibility index (Phi) is 6.08. The summed E-state index contributed by atoms with van der Waals surface area (Å²) in [5.74, 6) is -0.329. The predicted octanol–water partition coefficient (Wildman–Crippen LogP) is 5.11. The van der Waals surface area contributed by atoms with Crippen LogP contribution in [0.25, 0.3) is 0 Å². The predicted molar refractivity (Wildman–Crippen MR) is 105 cm³/mol. The van der Waals surface area contributed by atoms with Crippen molar-refractivity contribution in [3.8, 4) is 0 Å². The van der Waals surface area contributed by atoms with E-state index in [-0.39, 0.29) is 17.5 Å². The van der Waals surface area contributed by atoms with E-state index in [9.17, 15) is 9.18 Å². The summed E-state index contributed by atoms with van der Waals surface area (Å²) in [7, 11) is 0. The number of benzene rings is 2. The second kappa shape index (κ2) is 8.48. The summed E-state index contributed by atoms with van der Waals surface area (Å²) in [6, 6.07) is 11.6. The Labute approximate surface area is 163 Å². The highest BCUT2D eigenvalue weighted by atomic mass is 35.5. The van der Waals surface area contributed by atoms with Gasteiger partial charge in [-0.15, -0.1) is 10.2 Å². The Morgan fingerprint density at radius 3 is 2.81 bits per heavy atom. The summed E-state index contributed by atoms with van der Waals surface area (Å²) in [4.78, 5) is 12.1. The number of carbonyl (C=O) groups excluding carboxylic acids is 1. The van der Waals surface area contributed by atoms with Gasteiger partial charge in [0.15, 0.2) is 4.34 Å². The van der Waals surface area contributed by atoms with Crippen molar-refractivity contribution in [2.75, 3.05) is 16.4 Å². The zero-order valence-corrected chi connectivity index (χ0v) is 16.0. The standard InChI is InChI=1S/C17H14ClFN4OS2/c1-10-8-11(18)6-7-13(10)20-15(24)9-25-17-23-22-16(26-17)21-14-5-3-2-4-12(14)19/h2-8H,9H2,1H3,(H,20,24)(H,21,22). The van der Waals surface area contributed by atoms with Crippen LogP contribution < -0.4 is 10.6 Å². The number of aromatic nitrogens is 2. The van der Waals surface area contributed by atoms with Crippen molar-refractivity contribution in [3.63, 3.8) is 0 Å². The first-order chi connectivity index (χ1) is 12.5. The molecule has 9 heteroatoms. The number of thioether (sulfide) groups is 1. The molecule has 2 aromatic carbocycles. The highest BCUT2D eigenvalue weighted by Crippen LogP contribution is 2.28. The van der Waals surface area contributed by atoms with E-state index >= 15 is 0 Å². The van der Waals surface area contributed by atoms with Crippen LogP contribution >= 0.6 is 34.7 Å². The first-order valence-electron chi connectivity index (χ1n) is 7.55. The van der Waals surface area contributed by atoms with E-state index in [0.717, 1.165) is 11.3 Å². The van der Waals surface area contributed by atoms with Crippen molar-refractivity contribution in [1.82, 2.24) is 10.2 Å². The van der Waals surface area contributed by atoms with E-state index in [2.05, 4.69) is 20.8 Å². The minimum absolute atomic E-state index is 0.153. The van der Waals surface area contributed by atoms with E-state index in [0.29, 0.717) is 20.2 Å². The second-order valence-electron chi connectivity index (χ2n) is 5.27. The molecule has 1 amide bonds. The average molecular weight is 409 g/mol. The third kappa shape index (κ3) is 4.94. The molecular weight excluding hydrogens is 395 g/mol. The minimum Gasteiger partial charge on any atom is -0.328 e. The van der Waals surface area contributed by atoms with E-state index in [1.807, 2.05) is 6.92 Å². The minimum atomic E-state index is -0.366. The number of carbonyl (C=O) groups is 1. The number of nitrogens with one attached hydrogen (secondary N) is 2. The molecule has 2 N–H and O–H groups in total. The third-order valence-electron chi connectivity index (χ3n) is 3.31. The van der Waals surface area contributed by atoms with Gasteiger partial charge in [-0.05, 0) is 42.8 Å². The largest absolute Gasteiger partial charge is 0.328 e. The summed E-state index contributed by atoms with van der Waals surface area (Å²) < 4.78 is 14.2. The Balaban J connectivity index is 1.54. The first kappa shape index (κ1) is 18.6. The number of hydrogen-bond acceptors (Lipinski definition) is 6. The molecule has 0 aliphatic carbocycles. The number of nitrogens with zero attached hydrogens (tertiary/aromatic N) is 2. The third-order valence-corrected chi connectivity index (χ3v) is 5.52. The highest BCUT2D eigenvalue weighted by molar-refractivity contribution is 8.01. The number of rotatable bonds is 6. The summed E-state index contributed by atoms with van der Waals surface area (Å²) >= 11 is 8.43. The SMILES string of the molecule is Cc1cc(Cl)ccc1NC(=O)CSc1nnc(Nc2ccccc2F)s1. The number of anilines is 3. The Morgan fingerprint density at radius 1 is 1.23 bits per heavy atom. The maximum Gasteiger partial charge on any atom is 0.234 e. The van der Waals surface area contributed by atoms with Gasteiger partial charge in [0.2, 0.25) is 11.0 Å². The van der Waals surface area contributed by atoms with Gasteiger partial charge in [0, 0.05) is 10.7 Å². The summed E-state index contributed by atoms with van der Waals surface area (Å²) in [6.07, 6.45) is 0. The van der Waals surface area contributed by atoms with Crippen molar-refractivity contribution >= 4 is 57.1 Å². The van der Waals surface area contributed by atoms with Crippen LogP contribution in [0, 0.1) is 12.7 Å². The van der Waals surface area contributed by atoms with Crippen LogP contribution in [0.3, 0.4) is 0 Å². The molecule has 1 heterocycles. The van der Waals surface area contributed by atoms with Gasteiger partial charge in [-0.3, -0.25) is 4.79 Å². The highest BCUT2D eigenvalue weighted by Gasteiger charge is 2.11. The van der Waals surface area contributed by atoms with Crippen molar-refractivity contribution in [1.29, 1.82) is 0 Å². The van der Waals surface area contributed by atoms with Crippen LogP contribution in [-0.4, -0.2) is 21.9 Å². The number of amides is 1. The molecule has 0 unspecified atom stereocenters. The number of para-hydroxylation sites is 1. The molecule has 134 valence electrons. The summed E-state index contributed by atoms with van der Waals surface area (Å²) in [6.45, 7) is 1.88. The molecule has 3 rings (SSSR count). The lowest BCUT2D eigenvalue weighted by Gasteiger charge is -2.07. The van der Waals surface area contributed by atoms with E-state index < -0.39 is 0 Å². The fourth-order valence-electron chi connectivity index (χ4n) is 2.08. The van der Waals surface area contributed by atoms with Gasteiger partial charge in [-0.25, -0.2) is 4.39 Å². The van der Waals surface area contributed by atoms with E-state index in [1.54, 1.807) is 36.4 Å². The van der Waals surface area contributed by atoms with Crippen LogP contribution in [0.15, 0.2) is 46.8 Å². The van der Waals surface area contributed by atoms with E-state index in [4.69, 9.17) is 11.6 Å². The van der Waals surface area contributed by atoms with Crippen molar-refractivity contribution in [2.24, 2.45) is 0 Å². The molecular formula is C17H14ClFN4OS2. The smallest absolute Gasteiger partial charge is 0.234 e. The summed E-state index contributed by atoms with van der Waals surface area (Å²) in [5.41, 5.74) is 1.94. The zero-order chi connectivity index (χ0) is 18.5. The fraction of sp³-hybridized carbons (Fsp3) is 0.118. The topological polar surface area (TPSA) is 66.9 Å². The lowest BCUT2D eigenvalue weighted by atomic mass is 10.2. The normalized spacial score (nSPS) is 10.6. The van der Waals surface area contributed by atoms with Gasteiger partial charge in [-0.1, -0.05) is 46.8 Å². The molecule has 0 atom stereocenters. The molecule has 0 bridgehead atoms. The molecule has 0 fully saturated rings. The lowest BCUT2D eigenvalue weighted by molar-refractivity contribution is -0.113. The maximum atomic E-state index is 13.6. The van der Waals surface area contributed by atoms with E-state index in [1.165, 1.54) is 29.2 Å². The van der Waals surface area contributed by atoms with Gasteiger partial charge in [0.1, 0.15) is 5.82 Å². The molecule has 26 heavy (non-hydrogen) atoms. The molecule has 0 aliphatic rings. The molecule has 0 saturated heterocycles. The fourth-order valence-corrected chi connectivity index (χ4v) is 3.87. The molecule has 1 aromatic heterocycles. The van der Waals surface area contributed by atoms with Crippen LogP contribution in [0.5, 0.6) is 0 Å². The van der Waals surface area contributed by atoms with Crippen LogP contribution in [0.2, 0.25) is 5.02 Å². The lowest BCUT2D eigenvalue weighted by Crippen LogP contribution is -2.14. The molecule has 5 nitrogen and oxygen atoms in total. The van der Waals surface area contributed by atoms with Crippen LogP contribution in [0.1, 0.15) is 5.56 Å². The Hall–Kier alpha value is -2.16. The van der Waals surface area contributed by atoms with Crippen molar-refractivity contribution < 1.29 is 9.18 Å². The number of halogens is 2. The van der Waals surface area contributed by atoms with Crippen molar-refractivity contribution in [2.45, 2.75) is 11.3 Å². The molecule has 0 saturated carbocycles. The monoisotopic (exact) mass is 408 g/mol. The molecule has 3 aromatic rings. The van der Waals surface area contributed by atoms with Gasteiger partial charge in [-0.2, -0.15) is 0 Å². The quantitative estimate of drug-likeness (QED) is 0.554. The molecule has 0 spiro atoms. The first-order valence-corrected chi connectivity index (χ1v) is 9.73. The molecule has 0 radical (unpaired) electrons. The van der Waals surface area contributed by atoms with Gasteiger partial charge in [0.05, 0.1) is 11.4 Å². The molecule has 0 aliphatic heterocycles. The Bertz CT molecular complexity index is 935. The second-order valence-corrected chi connectivity index (χ2v) is 7.91. The number of hydrogen-bond donors (Lipinski definition) is 2.